The number of anilines is 2. The lowest BCUT2D eigenvalue weighted by atomic mass is 10.1. The van der Waals surface area contributed by atoms with Gasteiger partial charge in [-0.3, -0.25) is 4.90 Å². The number of nitrogens with one attached hydrogen (secondary N) is 2. The zero-order valence-electron chi connectivity index (χ0n) is 20.1. The van der Waals surface area contributed by atoms with Crippen LogP contribution in [0.15, 0.2) is 18.3 Å². The number of pyridine rings is 1. The first kappa shape index (κ1) is 23.9. The monoisotopic (exact) mass is 519 g/mol. The number of halogens is 4. The van der Waals surface area contributed by atoms with Crippen molar-refractivity contribution in [2.75, 3.05) is 44.0 Å². The van der Waals surface area contributed by atoms with E-state index in [-0.39, 0.29) is 28.9 Å². The van der Waals surface area contributed by atoms with Crippen molar-refractivity contribution in [2.24, 2.45) is 0 Å². The first-order chi connectivity index (χ1) is 17.8. The smallest absolute Gasteiger partial charge is 0.256 e. The van der Waals surface area contributed by atoms with Gasteiger partial charge in [0.05, 0.1) is 49.3 Å². The lowest BCUT2D eigenvalue weighted by Gasteiger charge is -2.34. The highest BCUT2D eigenvalue weighted by molar-refractivity contribution is 5.89. The van der Waals surface area contributed by atoms with E-state index in [9.17, 15) is 13.2 Å². The van der Waals surface area contributed by atoms with E-state index in [4.69, 9.17) is 4.74 Å². The number of aryl methyl sites for hydroxylation is 1. The number of fused-ring (bicyclic) bond motifs is 2. The van der Waals surface area contributed by atoms with Crippen LogP contribution in [0.4, 0.5) is 29.3 Å². The zero-order chi connectivity index (χ0) is 25.8. The van der Waals surface area contributed by atoms with Crippen molar-refractivity contribution >= 4 is 28.4 Å². The summed E-state index contributed by atoms with van der Waals surface area (Å²) in [5.41, 5.74) is 1.31. The lowest BCUT2D eigenvalue weighted by Crippen LogP contribution is -2.48. The first-order valence-corrected chi connectivity index (χ1v) is 11.9. The molecule has 0 saturated carbocycles. The van der Waals surface area contributed by atoms with Crippen LogP contribution in [0.1, 0.15) is 5.82 Å². The molecule has 6 rings (SSSR count). The summed E-state index contributed by atoms with van der Waals surface area (Å²) in [6.07, 6.45) is -2.53. The van der Waals surface area contributed by atoms with Crippen molar-refractivity contribution in [2.45, 2.75) is 38.1 Å². The quantitative estimate of drug-likeness (QED) is 0.360. The molecule has 10 nitrogen and oxygen atoms in total. The van der Waals surface area contributed by atoms with E-state index in [1.165, 1.54) is 15.3 Å². The number of ether oxygens (including phenoxy) is 1. The van der Waals surface area contributed by atoms with Gasteiger partial charge in [-0.25, -0.2) is 32.0 Å². The fourth-order valence-corrected chi connectivity index (χ4v) is 4.97. The molecule has 37 heavy (non-hydrogen) atoms. The van der Waals surface area contributed by atoms with Gasteiger partial charge in [-0.1, -0.05) is 0 Å². The van der Waals surface area contributed by atoms with Crippen molar-refractivity contribution in [1.29, 1.82) is 0 Å². The van der Waals surface area contributed by atoms with Crippen LogP contribution in [0.5, 0.6) is 0 Å². The molecule has 0 aromatic carbocycles. The Morgan fingerprint density at radius 2 is 1.97 bits per heavy atom. The Bertz CT molecular complexity index is 1470. The van der Waals surface area contributed by atoms with E-state index in [0.29, 0.717) is 49.0 Å². The van der Waals surface area contributed by atoms with Crippen LogP contribution >= 0.6 is 0 Å². The summed E-state index contributed by atoms with van der Waals surface area (Å²) in [6.45, 7) is 3.01. The van der Waals surface area contributed by atoms with E-state index < -0.39 is 31.0 Å². The Kier molecular flexibility index (Phi) is 5.87. The molecule has 196 valence electrons. The first-order valence-electron chi connectivity index (χ1n) is 11.9. The van der Waals surface area contributed by atoms with Crippen molar-refractivity contribution in [3.63, 3.8) is 0 Å². The molecule has 2 atom stereocenters. The third-order valence-electron chi connectivity index (χ3n) is 6.91. The molecule has 0 amide bonds. The summed E-state index contributed by atoms with van der Waals surface area (Å²) >= 11 is 0. The van der Waals surface area contributed by atoms with E-state index in [1.807, 2.05) is 4.90 Å². The van der Waals surface area contributed by atoms with Gasteiger partial charge in [0.15, 0.2) is 17.3 Å². The minimum Gasteiger partial charge on any atom is -0.378 e. The molecule has 4 aromatic rings. The second-order valence-corrected chi connectivity index (χ2v) is 9.29. The summed E-state index contributed by atoms with van der Waals surface area (Å²) in [4.78, 5) is 15.3. The molecule has 0 radical (unpaired) electrons. The van der Waals surface area contributed by atoms with Gasteiger partial charge in [-0.05, 0) is 19.1 Å². The minimum atomic E-state index is -2.60. The summed E-state index contributed by atoms with van der Waals surface area (Å²) in [5, 5.41) is 10.4. The number of nitrogens with zero attached hydrogens (tertiary/aromatic N) is 7. The molecule has 14 heteroatoms. The predicted octanol–water partition coefficient (Wildman–Crippen LogP) is 2.73. The Balaban J connectivity index is 1.37. The fourth-order valence-electron chi connectivity index (χ4n) is 4.97. The van der Waals surface area contributed by atoms with E-state index in [2.05, 4.69) is 30.7 Å². The molecule has 4 aromatic heterocycles. The maximum Gasteiger partial charge on any atom is 0.256 e. The largest absolute Gasteiger partial charge is 0.378 e. The van der Waals surface area contributed by atoms with E-state index in [0.717, 1.165) is 0 Å². The molecular formula is C23H25F4N9O. The maximum atomic E-state index is 15.3. The Labute approximate surface area is 208 Å². The number of hydrogen-bond donors (Lipinski definition) is 2. The summed E-state index contributed by atoms with van der Waals surface area (Å²) in [6, 6.07) is 2.89. The highest BCUT2D eigenvalue weighted by atomic mass is 19.3. The third kappa shape index (κ3) is 4.13. The van der Waals surface area contributed by atoms with Crippen molar-refractivity contribution in [3.05, 3.63) is 30.0 Å². The topological polar surface area (TPSA) is 97.4 Å². The van der Waals surface area contributed by atoms with E-state index >= 15 is 4.39 Å². The molecular weight excluding hydrogens is 494 g/mol. The van der Waals surface area contributed by atoms with Crippen LogP contribution in [0.2, 0.25) is 0 Å². The average Bonchev–Trinajstić information content (AvgIpc) is 3.44. The minimum absolute atomic E-state index is 0.112. The molecule has 6 heterocycles. The predicted molar refractivity (Wildman–Crippen MR) is 128 cm³/mol. The summed E-state index contributed by atoms with van der Waals surface area (Å²) in [5.74, 6) is 0.213. The maximum absolute atomic E-state index is 15.3. The SMILES string of the molecule is CNc1nc(N[C@@H]2CN(C3COC3)C[C@@H]2F)nn2cc(F)c(-c3ccc4nc(C)n(CC(F)F)c4n3)c12. The second kappa shape index (κ2) is 9.10. The Hall–Kier alpha value is -3.52. The highest BCUT2D eigenvalue weighted by Gasteiger charge is 2.39. The number of aromatic nitrogens is 6. The van der Waals surface area contributed by atoms with Gasteiger partial charge in [0.25, 0.3) is 6.43 Å². The zero-order valence-corrected chi connectivity index (χ0v) is 20.1. The van der Waals surface area contributed by atoms with Crippen molar-refractivity contribution in [3.8, 4) is 11.3 Å². The number of rotatable bonds is 7. The summed E-state index contributed by atoms with van der Waals surface area (Å²) in [7, 11) is 1.63. The number of hydrogen-bond acceptors (Lipinski definition) is 8. The Morgan fingerprint density at radius 3 is 2.68 bits per heavy atom. The van der Waals surface area contributed by atoms with E-state index in [1.54, 1.807) is 26.1 Å². The lowest BCUT2D eigenvalue weighted by molar-refractivity contribution is -0.0585. The molecule has 2 N–H and O–H groups in total. The molecule has 2 fully saturated rings. The van der Waals surface area contributed by atoms with Crippen LogP contribution in [0, 0.1) is 12.7 Å². The van der Waals surface area contributed by atoms with Crippen LogP contribution in [-0.2, 0) is 11.3 Å². The van der Waals surface area contributed by atoms with Crippen molar-refractivity contribution in [1.82, 2.24) is 34.0 Å². The normalized spacial score (nSPS) is 20.8. The standard InChI is InChI=1S/C23H25F4N9O/c1-11-29-16-4-3-15(30-22(16)35(11)8-18(26)27)19-14(25)6-36-20(19)21(28-2)32-23(33-36)31-17-7-34(5-13(17)24)12-9-37-10-12/h3-4,6,12-13,17-18H,5,7-10H2,1-2H3,(H2,28,31,32,33)/t13-,17+/m0/s1. The molecule has 0 spiro atoms. The Morgan fingerprint density at radius 1 is 1.16 bits per heavy atom. The number of imidazole rings is 1. The molecule has 2 aliphatic heterocycles. The van der Waals surface area contributed by atoms with Gasteiger partial charge in [0.2, 0.25) is 5.95 Å². The molecule has 0 bridgehead atoms. The van der Waals surface area contributed by atoms with Crippen LogP contribution in [-0.4, -0.2) is 92.1 Å². The molecule has 2 aliphatic rings. The summed E-state index contributed by atoms with van der Waals surface area (Å²) < 4.78 is 64.2. The molecule has 0 unspecified atom stereocenters. The third-order valence-corrected chi connectivity index (χ3v) is 6.91. The van der Waals surface area contributed by atoms with Crippen LogP contribution in [0.25, 0.3) is 27.9 Å². The molecule has 2 saturated heterocycles. The van der Waals surface area contributed by atoms with Gasteiger partial charge in [0, 0.05) is 20.1 Å². The fraction of sp³-hybridized carbons (Fsp3) is 0.478. The number of alkyl halides is 3. The highest BCUT2D eigenvalue weighted by Crippen LogP contribution is 2.33. The van der Waals surface area contributed by atoms with Gasteiger partial charge >= 0.3 is 0 Å². The number of likely N-dealkylation sites (tertiary alicyclic amines) is 1. The van der Waals surface area contributed by atoms with Gasteiger partial charge < -0.3 is 19.9 Å². The van der Waals surface area contributed by atoms with Gasteiger partial charge in [0.1, 0.15) is 23.0 Å². The van der Waals surface area contributed by atoms with Crippen LogP contribution < -0.4 is 10.6 Å². The molecule has 0 aliphatic carbocycles. The van der Waals surface area contributed by atoms with Crippen molar-refractivity contribution < 1.29 is 22.3 Å². The average molecular weight is 520 g/mol. The van der Waals surface area contributed by atoms with Crippen LogP contribution in [0.3, 0.4) is 0 Å². The van der Waals surface area contributed by atoms with Gasteiger partial charge in [-0.15, -0.1) is 5.10 Å². The second-order valence-electron chi connectivity index (χ2n) is 9.29. The van der Waals surface area contributed by atoms with Gasteiger partial charge in [-0.2, -0.15) is 4.98 Å².